The quantitative estimate of drug-likeness (QED) is 0.576. The summed E-state index contributed by atoms with van der Waals surface area (Å²) < 4.78 is 0. The van der Waals surface area contributed by atoms with Crippen LogP contribution in [0.2, 0.25) is 0 Å². The van der Waals surface area contributed by atoms with Gasteiger partial charge in [0, 0.05) is 35.6 Å². The zero-order valence-corrected chi connectivity index (χ0v) is 14.4. The Hall–Kier alpha value is -3.08. The van der Waals surface area contributed by atoms with E-state index < -0.39 is 0 Å². The fraction of sp³-hybridized carbons (Fsp3) is 0.238. The molecule has 1 fully saturated rings. The number of benzene rings is 2. The third-order valence-electron chi connectivity index (χ3n) is 5.52. The van der Waals surface area contributed by atoms with Crippen LogP contribution in [-0.2, 0) is 0 Å². The van der Waals surface area contributed by atoms with Crippen molar-refractivity contribution in [3.8, 4) is 0 Å². The number of likely N-dealkylation sites (tertiary alicyclic amines) is 1. The Morgan fingerprint density at radius 1 is 0.962 bits per heavy atom. The second-order valence-corrected chi connectivity index (χ2v) is 6.97. The molecular weight excluding hydrogens is 324 g/mol. The van der Waals surface area contributed by atoms with Gasteiger partial charge in [-0.3, -0.25) is 9.89 Å². The maximum atomic E-state index is 12.9. The van der Waals surface area contributed by atoms with E-state index in [1.165, 1.54) is 16.5 Å². The normalized spacial score (nSPS) is 15.8. The number of carbonyl (C=O) groups excluding carboxylic acids is 1. The Morgan fingerprint density at radius 2 is 1.65 bits per heavy atom. The van der Waals surface area contributed by atoms with Crippen molar-refractivity contribution < 1.29 is 4.79 Å². The fourth-order valence-electron chi connectivity index (χ4n) is 4.10. The van der Waals surface area contributed by atoms with E-state index in [0.717, 1.165) is 36.8 Å². The number of hydrogen-bond acceptors (Lipinski definition) is 2. The molecule has 2 aromatic carbocycles. The van der Waals surface area contributed by atoms with Crippen LogP contribution in [0.5, 0.6) is 0 Å². The molecule has 0 saturated carbocycles. The van der Waals surface area contributed by atoms with Crippen molar-refractivity contribution in [2.45, 2.75) is 18.8 Å². The molecule has 1 amide bonds. The molecule has 5 heteroatoms. The van der Waals surface area contributed by atoms with E-state index in [-0.39, 0.29) is 5.91 Å². The van der Waals surface area contributed by atoms with Gasteiger partial charge in [-0.05, 0) is 36.5 Å². The van der Waals surface area contributed by atoms with Crippen molar-refractivity contribution in [3.05, 3.63) is 66.0 Å². The molecule has 1 aliphatic heterocycles. The molecule has 2 aromatic heterocycles. The summed E-state index contributed by atoms with van der Waals surface area (Å²) in [6, 6.07) is 16.2. The lowest BCUT2D eigenvalue weighted by molar-refractivity contribution is 0.0709. The molecule has 2 N–H and O–H groups in total. The molecular formula is C21H20N4O. The zero-order valence-electron chi connectivity index (χ0n) is 14.4. The molecule has 0 bridgehead atoms. The Balaban J connectivity index is 1.35. The average Bonchev–Trinajstić information content (AvgIpc) is 3.32. The standard InChI is InChI=1S/C21H20N4O/c26-21(20-16-6-2-4-8-19(16)23-24-20)25-11-9-14(10-12-25)17-13-22-18-7-3-1-5-15(17)18/h1-8,13-14,22H,9-12H2,(H,23,24). The number of H-pyrrole nitrogens is 2. The lowest BCUT2D eigenvalue weighted by Crippen LogP contribution is -2.38. The minimum atomic E-state index is 0.0276. The maximum absolute atomic E-state index is 12.9. The minimum absolute atomic E-state index is 0.0276. The average molecular weight is 344 g/mol. The van der Waals surface area contributed by atoms with E-state index in [4.69, 9.17) is 0 Å². The van der Waals surface area contributed by atoms with Gasteiger partial charge in [-0.15, -0.1) is 0 Å². The molecule has 1 saturated heterocycles. The first-order chi connectivity index (χ1) is 12.8. The first-order valence-corrected chi connectivity index (χ1v) is 9.09. The van der Waals surface area contributed by atoms with Gasteiger partial charge in [-0.25, -0.2) is 0 Å². The number of aromatic amines is 2. The molecule has 0 spiro atoms. The van der Waals surface area contributed by atoms with E-state index in [0.29, 0.717) is 11.6 Å². The van der Waals surface area contributed by atoms with Crippen LogP contribution >= 0.6 is 0 Å². The summed E-state index contributed by atoms with van der Waals surface area (Å²) in [7, 11) is 0. The zero-order chi connectivity index (χ0) is 17.5. The van der Waals surface area contributed by atoms with Crippen molar-refractivity contribution in [1.82, 2.24) is 20.1 Å². The van der Waals surface area contributed by atoms with Gasteiger partial charge >= 0.3 is 0 Å². The van der Waals surface area contributed by atoms with Gasteiger partial charge in [0.1, 0.15) is 0 Å². The van der Waals surface area contributed by atoms with Crippen LogP contribution in [0.15, 0.2) is 54.7 Å². The molecule has 130 valence electrons. The van der Waals surface area contributed by atoms with E-state index in [1.807, 2.05) is 29.2 Å². The summed E-state index contributed by atoms with van der Waals surface area (Å²) >= 11 is 0. The van der Waals surface area contributed by atoms with Crippen LogP contribution in [0.1, 0.15) is 34.8 Å². The van der Waals surface area contributed by atoms with E-state index in [2.05, 4.69) is 45.6 Å². The molecule has 0 aliphatic carbocycles. The number of amides is 1. The maximum Gasteiger partial charge on any atom is 0.274 e. The molecule has 5 nitrogen and oxygen atoms in total. The number of nitrogens with one attached hydrogen (secondary N) is 2. The molecule has 0 unspecified atom stereocenters. The largest absolute Gasteiger partial charge is 0.361 e. The predicted molar refractivity (Wildman–Crippen MR) is 102 cm³/mol. The van der Waals surface area contributed by atoms with Gasteiger partial charge < -0.3 is 9.88 Å². The van der Waals surface area contributed by atoms with Crippen molar-refractivity contribution in [2.24, 2.45) is 0 Å². The van der Waals surface area contributed by atoms with Crippen LogP contribution in [0.4, 0.5) is 0 Å². The third kappa shape index (κ3) is 2.39. The van der Waals surface area contributed by atoms with Crippen LogP contribution < -0.4 is 0 Å². The van der Waals surface area contributed by atoms with Crippen molar-refractivity contribution in [2.75, 3.05) is 13.1 Å². The van der Waals surface area contributed by atoms with Gasteiger partial charge in [0.2, 0.25) is 0 Å². The highest BCUT2D eigenvalue weighted by molar-refractivity contribution is 6.04. The number of piperidine rings is 1. The van der Waals surface area contributed by atoms with Crippen molar-refractivity contribution in [1.29, 1.82) is 0 Å². The van der Waals surface area contributed by atoms with E-state index >= 15 is 0 Å². The van der Waals surface area contributed by atoms with Crippen LogP contribution in [0.3, 0.4) is 0 Å². The number of nitrogens with zero attached hydrogens (tertiary/aromatic N) is 2. The molecule has 1 aliphatic rings. The van der Waals surface area contributed by atoms with E-state index in [9.17, 15) is 4.79 Å². The van der Waals surface area contributed by atoms with Gasteiger partial charge in [0.05, 0.1) is 5.52 Å². The van der Waals surface area contributed by atoms with Crippen LogP contribution in [-0.4, -0.2) is 39.1 Å². The summed E-state index contributed by atoms with van der Waals surface area (Å²) in [5.74, 6) is 0.519. The number of hydrogen-bond donors (Lipinski definition) is 2. The third-order valence-corrected chi connectivity index (χ3v) is 5.52. The molecule has 3 heterocycles. The van der Waals surface area contributed by atoms with Gasteiger partial charge in [-0.2, -0.15) is 5.10 Å². The highest BCUT2D eigenvalue weighted by Crippen LogP contribution is 2.33. The number of para-hydroxylation sites is 2. The Labute approximate surface area is 151 Å². The molecule has 0 atom stereocenters. The van der Waals surface area contributed by atoms with E-state index in [1.54, 1.807) is 0 Å². The lowest BCUT2D eigenvalue weighted by Gasteiger charge is -2.31. The first-order valence-electron chi connectivity index (χ1n) is 9.09. The van der Waals surface area contributed by atoms with Crippen LogP contribution in [0.25, 0.3) is 21.8 Å². The molecule has 5 rings (SSSR count). The monoisotopic (exact) mass is 344 g/mol. The second-order valence-electron chi connectivity index (χ2n) is 6.97. The predicted octanol–water partition coefficient (Wildman–Crippen LogP) is 4.06. The summed E-state index contributed by atoms with van der Waals surface area (Å²) in [5.41, 5.74) is 4.00. The Kier molecular flexibility index (Phi) is 3.52. The topological polar surface area (TPSA) is 64.8 Å². The minimum Gasteiger partial charge on any atom is -0.361 e. The second kappa shape index (κ2) is 6.02. The van der Waals surface area contributed by atoms with Gasteiger partial charge in [0.15, 0.2) is 5.69 Å². The summed E-state index contributed by atoms with van der Waals surface area (Å²) in [6.45, 7) is 1.54. The smallest absolute Gasteiger partial charge is 0.274 e. The number of fused-ring (bicyclic) bond motifs is 2. The lowest BCUT2D eigenvalue weighted by atomic mass is 9.89. The Bertz CT molecular complexity index is 1090. The SMILES string of the molecule is O=C(c1n[nH]c2ccccc12)N1CCC(c2c[nH]c3ccccc23)CC1. The highest BCUT2D eigenvalue weighted by Gasteiger charge is 2.27. The highest BCUT2D eigenvalue weighted by atomic mass is 16.2. The number of aromatic nitrogens is 3. The number of carbonyl (C=O) groups is 1. The first kappa shape index (κ1) is 15.2. The van der Waals surface area contributed by atoms with Gasteiger partial charge in [-0.1, -0.05) is 36.4 Å². The number of rotatable bonds is 2. The molecule has 0 radical (unpaired) electrons. The van der Waals surface area contributed by atoms with Crippen molar-refractivity contribution >= 4 is 27.7 Å². The molecule has 26 heavy (non-hydrogen) atoms. The summed E-state index contributed by atoms with van der Waals surface area (Å²) in [6.07, 6.45) is 4.10. The summed E-state index contributed by atoms with van der Waals surface area (Å²) in [5, 5.41) is 9.42. The molecule has 4 aromatic rings. The van der Waals surface area contributed by atoms with Gasteiger partial charge in [0.25, 0.3) is 5.91 Å². The van der Waals surface area contributed by atoms with Crippen molar-refractivity contribution in [3.63, 3.8) is 0 Å². The summed E-state index contributed by atoms with van der Waals surface area (Å²) in [4.78, 5) is 18.2. The Morgan fingerprint density at radius 3 is 2.46 bits per heavy atom. The van der Waals surface area contributed by atoms with Crippen LogP contribution in [0, 0.1) is 0 Å². The fourth-order valence-corrected chi connectivity index (χ4v) is 4.10.